The summed E-state index contributed by atoms with van der Waals surface area (Å²) in [6.07, 6.45) is 2.99. The molecule has 2 aromatic heterocycles. The molecule has 3 atom stereocenters. The van der Waals surface area contributed by atoms with Crippen molar-refractivity contribution in [2.45, 2.75) is 52.5 Å². The predicted octanol–water partition coefficient (Wildman–Crippen LogP) is 3.46. The van der Waals surface area contributed by atoms with Gasteiger partial charge in [-0.15, -0.1) is 0 Å². The van der Waals surface area contributed by atoms with Crippen LogP contribution < -0.4 is 15.6 Å². The number of ether oxygens (including phenoxy) is 2. The molecule has 0 aliphatic carbocycles. The maximum absolute atomic E-state index is 12.1. The number of hydrogen-bond acceptors (Lipinski definition) is 10. The van der Waals surface area contributed by atoms with Crippen LogP contribution in [0, 0.1) is 0 Å². The molecule has 3 aromatic rings. The topological polar surface area (TPSA) is 126 Å². The van der Waals surface area contributed by atoms with E-state index in [1.807, 2.05) is 43.5 Å². The monoisotopic (exact) mass is 491 g/mol. The summed E-state index contributed by atoms with van der Waals surface area (Å²) in [6.45, 7) is 6.49. The lowest BCUT2D eigenvalue weighted by Crippen LogP contribution is -2.30. The zero-order valence-corrected chi connectivity index (χ0v) is 20.7. The number of para-hydroxylation sites is 2. The summed E-state index contributed by atoms with van der Waals surface area (Å²) in [5.74, 6) is 0.567. The molecule has 12 heteroatoms. The fourth-order valence-electron chi connectivity index (χ4n) is 2.98. The summed E-state index contributed by atoms with van der Waals surface area (Å²) in [6, 6.07) is 6.79. The van der Waals surface area contributed by atoms with Gasteiger partial charge in [-0.2, -0.15) is 0 Å². The number of carbonyl (C=O) groups is 1. The lowest BCUT2D eigenvalue weighted by molar-refractivity contribution is -0.147. The highest BCUT2D eigenvalue weighted by atomic mass is 32.4. The molecular weight excluding hydrogens is 463 g/mol. The first-order valence-electron chi connectivity index (χ1n) is 10.5. The van der Waals surface area contributed by atoms with Crippen LogP contribution in [-0.2, 0) is 32.6 Å². The average Bonchev–Trinajstić information content (AvgIpc) is 3.17. The molecule has 0 bridgehead atoms. The van der Waals surface area contributed by atoms with Gasteiger partial charge < -0.3 is 25.1 Å². The second kappa shape index (κ2) is 11.3. The molecule has 2 unspecified atom stereocenters. The van der Waals surface area contributed by atoms with Crippen LogP contribution in [0.1, 0.15) is 27.7 Å². The number of benzene rings is 1. The van der Waals surface area contributed by atoms with Crippen molar-refractivity contribution in [2.75, 3.05) is 17.4 Å². The van der Waals surface area contributed by atoms with Crippen molar-refractivity contribution < 1.29 is 18.8 Å². The van der Waals surface area contributed by atoms with E-state index < -0.39 is 13.0 Å². The molecule has 3 N–H and O–H groups in total. The lowest BCUT2D eigenvalue weighted by atomic mass is 10.2. The van der Waals surface area contributed by atoms with Crippen LogP contribution in [0.4, 0.5) is 11.5 Å². The van der Waals surface area contributed by atoms with Crippen LogP contribution in [0.15, 0.2) is 36.9 Å². The number of fused-ring (bicyclic) bond motifs is 1. The average molecular weight is 492 g/mol. The standard InChI is InChI=1S/C21H28N6O4PS/c1-13(2)30-21(28)15(4)26-16-7-5-6-8-17(16)31-32(33)12-29-14(3)9-27-11-25-18-19(22)23-10-24-20(18)27/h5-8,10-11,13-15,26H,9,12H2,1-4H3,(H2,22,23,24)/q+1/t14?,15-/m0/s1. The van der Waals surface area contributed by atoms with Crippen LogP contribution in [0.25, 0.3) is 11.2 Å². The first-order chi connectivity index (χ1) is 15.7. The molecule has 0 radical (unpaired) electrons. The second-order valence-corrected chi connectivity index (χ2v) is 10.0. The van der Waals surface area contributed by atoms with E-state index in [-0.39, 0.29) is 24.5 Å². The van der Waals surface area contributed by atoms with Crippen LogP contribution in [0.5, 0.6) is 5.75 Å². The van der Waals surface area contributed by atoms with Crippen LogP contribution in [0.2, 0.25) is 0 Å². The molecule has 0 aliphatic heterocycles. The van der Waals surface area contributed by atoms with Crippen LogP contribution in [0.3, 0.4) is 0 Å². The van der Waals surface area contributed by atoms with Gasteiger partial charge in [0, 0.05) is 0 Å². The molecular formula is C21H28N6O4PS+. The Hall–Kier alpha value is -2.88. The van der Waals surface area contributed by atoms with Gasteiger partial charge in [0.25, 0.3) is 6.35 Å². The third-order valence-corrected chi connectivity index (χ3v) is 5.81. The van der Waals surface area contributed by atoms with Crippen molar-refractivity contribution in [3.63, 3.8) is 0 Å². The molecule has 0 spiro atoms. The Morgan fingerprint density at radius 2 is 1.97 bits per heavy atom. The number of aromatic nitrogens is 4. The normalized spacial score (nSPS) is 13.5. The molecule has 10 nitrogen and oxygen atoms in total. The van der Waals surface area contributed by atoms with Crippen molar-refractivity contribution >= 4 is 47.4 Å². The van der Waals surface area contributed by atoms with E-state index in [4.69, 9.17) is 31.5 Å². The molecule has 3 rings (SSSR count). The summed E-state index contributed by atoms with van der Waals surface area (Å²) in [7, 11) is 0. The van der Waals surface area contributed by atoms with Gasteiger partial charge >= 0.3 is 12.9 Å². The molecule has 0 aliphatic rings. The van der Waals surface area contributed by atoms with Gasteiger partial charge in [-0.25, -0.2) is 19.7 Å². The quantitative estimate of drug-likeness (QED) is 0.304. The number of hydrogen-bond donors (Lipinski definition) is 2. The van der Waals surface area contributed by atoms with E-state index in [2.05, 4.69) is 20.3 Å². The predicted molar refractivity (Wildman–Crippen MR) is 131 cm³/mol. The van der Waals surface area contributed by atoms with E-state index in [1.165, 1.54) is 6.33 Å². The van der Waals surface area contributed by atoms with Crippen molar-refractivity contribution in [3.05, 3.63) is 36.9 Å². The molecule has 0 saturated heterocycles. The maximum atomic E-state index is 12.1. The summed E-state index contributed by atoms with van der Waals surface area (Å²) < 4.78 is 19.0. The minimum Gasteiger partial charge on any atom is -0.461 e. The van der Waals surface area contributed by atoms with Crippen LogP contribution >= 0.6 is 6.92 Å². The van der Waals surface area contributed by atoms with Gasteiger partial charge in [0.15, 0.2) is 11.5 Å². The minimum absolute atomic E-state index is 0.158. The first kappa shape index (κ1) is 24.8. The Bertz CT molecular complexity index is 1130. The maximum Gasteiger partial charge on any atom is 0.416 e. The number of nitrogens with zero attached hydrogens (tertiary/aromatic N) is 4. The second-order valence-electron chi connectivity index (χ2n) is 7.71. The highest BCUT2D eigenvalue weighted by Gasteiger charge is 2.22. The van der Waals surface area contributed by atoms with Crippen molar-refractivity contribution in [1.82, 2.24) is 19.5 Å². The van der Waals surface area contributed by atoms with Gasteiger partial charge in [-0.1, -0.05) is 12.1 Å². The van der Waals surface area contributed by atoms with Gasteiger partial charge in [0.2, 0.25) is 17.6 Å². The third kappa shape index (κ3) is 6.80. The minimum atomic E-state index is -1.33. The Morgan fingerprint density at radius 1 is 1.21 bits per heavy atom. The summed E-state index contributed by atoms with van der Waals surface area (Å²) in [4.78, 5) is 24.6. The molecule has 176 valence electrons. The van der Waals surface area contributed by atoms with E-state index >= 15 is 0 Å². The highest BCUT2D eigenvalue weighted by Crippen LogP contribution is 2.34. The number of nitrogens with two attached hydrogens (primary N) is 1. The highest BCUT2D eigenvalue weighted by molar-refractivity contribution is 8.03. The number of esters is 1. The van der Waals surface area contributed by atoms with Gasteiger partial charge in [0.1, 0.15) is 17.9 Å². The third-order valence-electron chi connectivity index (χ3n) is 4.51. The SMILES string of the molecule is CC(C)OC(=O)[C@H](C)Nc1ccccc1O[P+](=S)COC(C)Cn1cnc2c(N)ncnc21. The molecule has 0 fully saturated rings. The largest absolute Gasteiger partial charge is 0.461 e. The van der Waals surface area contributed by atoms with Crippen LogP contribution in [-0.4, -0.2) is 50.1 Å². The number of carbonyl (C=O) groups excluding carboxylic acids is 1. The van der Waals surface area contributed by atoms with Crippen molar-refractivity contribution in [3.8, 4) is 5.75 Å². The Kier molecular flexibility index (Phi) is 8.49. The Balaban J connectivity index is 1.54. The fourth-order valence-corrected chi connectivity index (χ4v) is 4.21. The molecule has 0 saturated carbocycles. The zero-order chi connectivity index (χ0) is 24.0. The van der Waals surface area contributed by atoms with E-state index in [0.29, 0.717) is 35.0 Å². The van der Waals surface area contributed by atoms with E-state index in [1.54, 1.807) is 19.3 Å². The lowest BCUT2D eigenvalue weighted by Gasteiger charge is -2.17. The van der Waals surface area contributed by atoms with Gasteiger partial charge in [0.05, 0.1) is 30.8 Å². The number of anilines is 2. The fraction of sp³-hybridized carbons (Fsp3) is 0.429. The summed E-state index contributed by atoms with van der Waals surface area (Å²) in [5.41, 5.74) is 7.72. The van der Waals surface area contributed by atoms with Crippen molar-refractivity contribution in [2.24, 2.45) is 0 Å². The number of nitrogens with one attached hydrogen (secondary N) is 1. The number of rotatable bonds is 11. The zero-order valence-electron chi connectivity index (χ0n) is 19.0. The first-order valence-corrected chi connectivity index (χ1v) is 12.9. The molecule has 1 aromatic carbocycles. The number of imidazole rings is 1. The Labute approximate surface area is 198 Å². The molecule has 33 heavy (non-hydrogen) atoms. The summed E-state index contributed by atoms with van der Waals surface area (Å²) in [5, 5.41) is 3.13. The van der Waals surface area contributed by atoms with Crippen molar-refractivity contribution in [1.29, 1.82) is 0 Å². The Morgan fingerprint density at radius 3 is 2.73 bits per heavy atom. The molecule has 2 heterocycles. The summed E-state index contributed by atoms with van der Waals surface area (Å²) >= 11 is 5.50. The smallest absolute Gasteiger partial charge is 0.416 e. The van der Waals surface area contributed by atoms with Gasteiger partial charge in [-0.05, 0) is 39.8 Å². The van der Waals surface area contributed by atoms with Gasteiger partial charge in [-0.3, -0.25) is 4.52 Å². The number of nitrogen functional groups attached to an aromatic ring is 1. The van der Waals surface area contributed by atoms with E-state index in [9.17, 15) is 4.79 Å². The molecule has 0 amide bonds. The van der Waals surface area contributed by atoms with E-state index in [0.717, 1.165) is 0 Å².